The Morgan fingerprint density at radius 1 is 0.846 bits per heavy atom. The highest BCUT2D eigenvalue weighted by Crippen LogP contribution is 2.26. The van der Waals surface area contributed by atoms with Gasteiger partial charge in [0.15, 0.2) is 0 Å². The summed E-state index contributed by atoms with van der Waals surface area (Å²) in [6.07, 6.45) is 0. The zero-order valence-electron chi connectivity index (χ0n) is 14.9. The third-order valence-corrected chi connectivity index (χ3v) is 4.56. The Hall–Kier alpha value is -3.27. The number of esters is 1. The molecule has 4 nitrogen and oxygen atoms in total. The topological polar surface area (TPSA) is 52.1 Å². The number of aryl methyl sites for hydroxylation is 2. The Labute approximate surface area is 151 Å². The fraction of sp³-hybridized carbons (Fsp3) is 0.136. The Morgan fingerprint density at radius 3 is 2.31 bits per heavy atom. The molecular weight excluding hydrogens is 324 g/mol. The number of para-hydroxylation sites is 3. The van der Waals surface area contributed by atoms with Gasteiger partial charge in [-0.05, 0) is 67.8 Å². The van der Waals surface area contributed by atoms with Gasteiger partial charge in [-0.1, -0.05) is 24.3 Å². The van der Waals surface area contributed by atoms with E-state index < -0.39 is 5.97 Å². The largest absolute Gasteiger partial charge is 0.423 e. The van der Waals surface area contributed by atoms with E-state index in [0.717, 1.165) is 27.7 Å². The molecule has 0 amide bonds. The molecule has 0 saturated heterocycles. The van der Waals surface area contributed by atoms with Crippen molar-refractivity contribution in [1.29, 1.82) is 0 Å². The molecule has 0 unspecified atom stereocenters. The number of nitrogens with zero attached hydrogens (tertiary/aromatic N) is 2. The van der Waals surface area contributed by atoms with Gasteiger partial charge in [-0.15, -0.1) is 0 Å². The Bertz CT molecular complexity index is 1170. The maximum absolute atomic E-state index is 12.8. The van der Waals surface area contributed by atoms with Gasteiger partial charge in [0.1, 0.15) is 11.3 Å². The monoisotopic (exact) mass is 342 g/mol. The van der Waals surface area contributed by atoms with Gasteiger partial charge >= 0.3 is 5.97 Å². The lowest BCUT2D eigenvalue weighted by atomic mass is 10.1. The van der Waals surface area contributed by atoms with Crippen LogP contribution < -0.4 is 4.74 Å². The summed E-state index contributed by atoms with van der Waals surface area (Å²) >= 11 is 0. The first kappa shape index (κ1) is 16.2. The lowest BCUT2D eigenvalue weighted by Gasteiger charge is -2.12. The molecule has 4 rings (SSSR count). The normalized spacial score (nSPS) is 11.0. The molecule has 0 fully saturated rings. The number of carbonyl (C=O) groups is 1. The number of hydrogen-bond acceptors (Lipinski definition) is 4. The fourth-order valence-corrected chi connectivity index (χ4v) is 3.07. The highest BCUT2D eigenvalue weighted by Gasteiger charge is 2.16. The predicted octanol–water partition coefficient (Wildman–Crippen LogP) is 4.93. The lowest BCUT2D eigenvalue weighted by molar-refractivity contribution is 0.0735. The lowest BCUT2D eigenvalue weighted by Crippen LogP contribution is -2.11. The van der Waals surface area contributed by atoms with E-state index in [-0.39, 0.29) is 0 Å². The van der Waals surface area contributed by atoms with Gasteiger partial charge in [0.25, 0.3) is 0 Å². The molecule has 128 valence electrons. The van der Waals surface area contributed by atoms with E-state index in [1.54, 1.807) is 12.1 Å². The van der Waals surface area contributed by atoms with Gasteiger partial charge in [0.2, 0.25) is 0 Å². The van der Waals surface area contributed by atoms with Crippen LogP contribution in [0.1, 0.15) is 27.0 Å². The minimum absolute atomic E-state index is 0.416. The van der Waals surface area contributed by atoms with Crippen LogP contribution in [0.3, 0.4) is 0 Å². The smallest absolute Gasteiger partial charge is 0.345 e. The first-order valence-electron chi connectivity index (χ1n) is 8.48. The van der Waals surface area contributed by atoms with Crippen molar-refractivity contribution < 1.29 is 9.53 Å². The molecule has 0 spiro atoms. The van der Waals surface area contributed by atoms with Gasteiger partial charge in [-0.3, -0.25) is 0 Å². The summed E-state index contributed by atoms with van der Waals surface area (Å²) in [5.41, 5.74) is 6.31. The molecule has 0 saturated carbocycles. The second kappa shape index (κ2) is 6.23. The number of ether oxygens (including phenoxy) is 1. The number of fused-ring (bicyclic) bond motifs is 2. The van der Waals surface area contributed by atoms with Crippen molar-refractivity contribution in [2.24, 2.45) is 0 Å². The number of hydrogen-bond donors (Lipinski definition) is 0. The van der Waals surface area contributed by atoms with Crippen molar-refractivity contribution in [2.45, 2.75) is 20.8 Å². The molecule has 26 heavy (non-hydrogen) atoms. The number of carbonyl (C=O) groups excluding carboxylic acids is 1. The van der Waals surface area contributed by atoms with E-state index in [4.69, 9.17) is 4.74 Å². The molecule has 3 aromatic carbocycles. The maximum atomic E-state index is 12.8. The van der Waals surface area contributed by atoms with E-state index in [9.17, 15) is 4.79 Å². The van der Waals surface area contributed by atoms with Crippen LogP contribution in [0.5, 0.6) is 5.75 Å². The van der Waals surface area contributed by atoms with Crippen molar-refractivity contribution in [1.82, 2.24) is 9.97 Å². The predicted molar refractivity (Wildman–Crippen MR) is 103 cm³/mol. The maximum Gasteiger partial charge on any atom is 0.345 e. The minimum atomic E-state index is -0.423. The summed E-state index contributed by atoms with van der Waals surface area (Å²) in [7, 11) is 0. The van der Waals surface area contributed by atoms with Crippen molar-refractivity contribution in [3.63, 3.8) is 0 Å². The Balaban J connectivity index is 1.81. The zero-order valence-corrected chi connectivity index (χ0v) is 14.9. The number of rotatable bonds is 2. The van der Waals surface area contributed by atoms with Crippen LogP contribution >= 0.6 is 0 Å². The van der Waals surface area contributed by atoms with E-state index in [0.29, 0.717) is 22.3 Å². The third-order valence-electron chi connectivity index (χ3n) is 4.56. The van der Waals surface area contributed by atoms with Crippen molar-refractivity contribution in [3.05, 3.63) is 76.9 Å². The molecule has 0 aliphatic rings. The molecule has 4 heteroatoms. The Kier molecular flexibility index (Phi) is 3.88. The molecule has 0 aliphatic carbocycles. The first-order chi connectivity index (χ1) is 12.5. The fourth-order valence-electron chi connectivity index (χ4n) is 3.07. The summed E-state index contributed by atoms with van der Waals surface area (Å²) in [5.74, 6) is 0.159. The zero-order chi connectivity index (χ0) is 18.3. The van der Waals surface area contributed by atoms with E-state index in [1.165, 1.54) is 0 Å². The average Bonchev–Trinajstić information content (AvgIpc) is 2.63. The van der Waals surface area contributed by atoms with Crippen molar-refractivity contribution in [3.8, 4) is 5.75 Å². The SMILES string of the molecule is Cc1cc(C)c(C)c(OC(=O)c2cccc3nc4ccccc4nc23)c1. The second-order valence-corrected chi connectivity index (χ2v) is 6.48. The molecule has 4 aromatic rings. The summed E-state index contributed by atoms with van der Waals surface area (Å²) in [6, 6.07) is 17.0. The van der Waals surface area contributed by atoms with E-state index in [1.807, 2.05) is 57.2 Å². The van der Waals surface area contributed by atoms with Crippen LogP contribution in [0.4, 0.5) is 0 Å². The Morgan fingerprint density at radius 2 is 1.54 bits per heavy atom. The van der Waals surface area contributed by atoms with Crippen LogP contribution in [0.15, 0.2) is 54.6 Å². The molecule has 1 heterocycles. The number of benzene rings is 3. The highest BCUT2D eigenvalue weighted by atomic mass is 16.5. The van der Waals surface area contributed by atoms with Crippen LogP contribution in [0.2, 0.25) is 0 Å². The van der Waals surface area contributed by atoms with E-state index >= 15 is 0 Å². The van der Waals surface area contributed by atoms with Crippen LogP contribution in [-0.4, -0.2) is 15.9 Å². The van der Waals surface area contributed by atoms with Crippen molar-refractivity contribution >= 4 is 28.0 Å². The molecule has 0 atom stereocenters. The summed E-state index contributed by atoms with van der Waals surface area (Å²) in [5, 5.41) is 0. The first-order valence-corrected chi connectivity index (χ1v) is 8.48. The third kappa shape index (κ3) is 2.80. The summed E-state index contributed by atoms with van der Waals surface area (Å²) in [4.78, 5) is 22.1. The second-order valence-electron chi connectivity index (χ2n) is 6.48. The van der Waals surface area contributed by atoms with Gasteiger partial charge in [-0.2, -0.15) is 0 Å². The minimum Gasteiger partial charge on any atom is -0.423 e. The van der Waals surface area contributed by atoms with Gasteiger partial charge in [0.05, 0.1) is 22.1 Å². The van der Waals surface area contributed by atoms with Gasteiger partial charge in [-0.25, -0.2) is 14.8 Å². The molecule has 1 aromatic heterocycles. The van der Waals surface area contributed by atoms with Crippen LogP contribution in [-0.2, 0) is 0 Å². The molecule has 0 N–H and O–H groups in total. The standard InChI is InChI=1S/C22H18N2O2/c1-13-11-14(2)15(3)20(12-13)26-22(25)16-7-6-10-19-21(16)24-18-9-5-4-8-17(18)23-19/h4-12H,1-3H3. The molecule has 0 radical (unpaired) electrons. The molecular formula is C22H18N2O2. The van der Waals surface area contributed by atoms with Crippen molar-refractivity contribution in [2.75, 3.05) is 0 Å². The summed E-state index contributed by atoms with van der Waals surface area (Å²) < 4.78 is 5.71. The van der Waals surface area contributed by atoms with Crippen LogP contribution in [0, 0.1) is 20.8 Å². The van der Waals surface area contributed by atoms with Gasteiger partial charge < -0.3 is 4.74 Å². The molecule has 0 aliphatic heterocycles. The number of aromatic nitrogens is 2. The average molecular weight is 342 g/mol. The molecule has 0 bridgehead atoms. The van der Waals surface area contributed by atoms with Gasteiger partial charge in [0, 0.05) is 0 Å². The van der Waals surface area contributed by atoms with Crippen LogP contribution in [0.25, 0.3) is 22.1 Å². The highest BCUT2D eigenvalue weighted by molar-refractivity contribution is 6.04. The quantitative estimate of drug-likeness (QED) is 0.294. The van der Waals surface area contributed by atoms with E-state index in [2.05, 4.69) is 16.0 Å². The summed E-state index contributed by atoms with van der Waals surface area (Å²) in [6.45, 7) is 5.95.